The Hall–Kier alpha value is -11.8. The van der Waals surface area contributed by atoms with Gasteiger partial charge in [-0.1, -0.05) is 0 Å². The molecule has 48 heteroatoms. The van der Waals surface area contributed by atoms with Gasteiger partial charge in [-0.2, -0.15) is 0 Å². The first-order valence-electron chi connectivity index (χ1n) is 43.6. The first-order chi connectivity index (χ1) is 60.5. The molecule has 127 heavy (non-hydrogen) atoms. The van der Waals surface area contributed by atoms with Crippen LogP contribution in [0, 0.1) is 0 Å². The fraction of sp³-hybridized carbons (Fsp3) is 0.722. The molecule has 0 unspecified atom stereocenters. The summed E-state index contributed by atoms with van der Waals surface area (Å²) in [7, 11) is 0. The Morgan fingerprint density at radius 1 is 0.323 bits per heavy atom. The lowest BCUT2D eigenvalue weighted by atomic mass is 10.1. The van der Waals surface area contributed by atoms with E-state index >= 15 is 0 Å². The van der Waals surface area contributed by atoms with E-state index < -0.39 is 273 Å². The number of unbranched alkanes of at least 4 members (excludes halogenated alkanes) is 2. The Kier molecular flexibility index (Phi) is 38.2. The van der Waals surface area contributed by atoms with Crippen molar-refractivity contribution in [2.24, 2.45) is 34.4 Å². The maximum Gasteiger partial charge on any atom is 0.326 e. The van der Waals surface area contributed by atoms with Crippen LogP contribution in [-0.4, -0.2) is 367 Å². The molecule has 15 atom stereocenters. The Labute approximate surface area is 731 Å². The molecule has 24 N–H and O–H groups in total. The van der Waals surface area contributed by atoms with E-state index in [1.54, 1.807) is 0 Å². The quantitative estimate of drug-likeness (QED) is 0.0252. The minimum atomic E-state index is -1.86. The number of aliphatic hydroxyl groups excluding tert-OH is 1. The van der Waals surface area contributed by atoms with E-state index in [1.807, 2.05) is 0 Å². The van der Waals surface area contributed by atoms with Crippen molar-refractivity contribution in [3.63, 3.8) is 0 Å². The molecule has 0 saturated carbocycles. The summed E-state index contributed by atoms with van der Waals surface area (Å²) < 4.78 is 0. The van der Waals surface area contributed by atoms with Gasteiger partial charge in [0.1, 0.15) is 84.6 Å². The number of hydrogen-bond acceptors (Lipinski definition) is 26. The summed E-state index contributed by atoms with van der Waals surface area (Å²) in [5, 5.41) is 51.0. The van der Waals surface area contributed by atoms with Crippen LogP contribution in [0.25, 0.3) is 0 Å². The smallest absolute Gasteiger partial charge is 0.326 e. The summed E-state index contributed by atoms with van der Waals surface area (Å²) in [6.07, 6.45) is 2.64. The first kappa shape index (κ1) is 101. The lowest BCUT2D eigenvalue weighted by Gasteiger charge is -2.35. The second-order valence-electron chi connectivity index (χ2n) is 33.2. The Bertz CT molecular complexity index is 4100. The summed E-state index contributed by atoms with van der Waals surface area (Å²) in [4.78, 5) is 308. The van der Waals surface area contributed by atoms with Crippen LogP contribution in [0.15, 0.2) is 0 Å². The summed E-state index contributed by atoms with van der Waals surface area (Å²) in [6, 6.07) is -19.6. The molecule has 0 aromatic carbocycles. The number of carboxylic acids is 2. The van der Waals surface area contributed by atoms with Gasteiger partial charge in [0, 0.05) is 65.2 Å². The van der Waals surface area contributed by atoms with Gasteiger partial charge >= 0.3 is 11.9 Å². The molecule has 0 bridgehead atoms. The highest BCUT2D eigenvalue weighted by atomic mass is 16.4. The van der Waals surface area contributed by atoms with Gasteiger partial charge in [0.05, 0.1) is 45.1 Å². The lowest BCUT2D eigenvalue weighted by Crippen LogP contribution is -2.60. The molecule has 20 amide bonds. The Balaban J connectivity index is 0.821. The molecule has 0 aromatic heterocycles. The van der Waals surface area contributed by atoms with E-state index in [1.165, 1.54) is 39.2 Å². The Morgan fingerprint density at radius 3 is 1.07 bits per heavy atom. The topological polar surface area (TPSA) is 727 Å². The van der Waals surface area contributed by atoms with E-state index in [0.717, 1.165) is 0 Å². The predicted molar refractivity (Wildman–Crippen MR) is 440 cm³/mol. The summed E-state index contributed by atoms with van der Waals surface area (Å²) in [6.45, 7) is -1.81. The van der Waals surface area contributed by atoms with E-state index in [2.05, 4.69) is 47.9 Å². The van der Waals surface area contributed by atoms with E-state index in [-0.39, 0.29) is 142 Å². The minimum Gasteiger partial charge on any atom is -0.481 e. The normalized spacial score (nSPS) is 22.5. The van der Waals surface area contributed by atoms with Crippen LogP contribution < -0.4 is 82.3 Å². The SMILES string of the molecule is NCCCC[C@H](NC(=O)[C@H](CC(N)=O)NC(=O)[C@@H](N)CC(=O)O)C(=O)N[C@@H](CO)C(=O)N[C@@H](CCC(N)=O)C(=O)NCC(=O)N1CCC[C@H]1C(=O)N1CCC[C@H]1C(=O)N1CCC[C@H]1C(=O)N1CCC[C@H]1C(=O)NCC(=O)N[C@@H](CCCCN)C(=O)N1CCC[C@H]1C(=O)N[C@@H](CCC(N)=O)C(=O)NCC(=O)N1CCC[C@H]1C(=O)N1CCC[C@H]1C(=O)N1CCC[C@H]1C(=O)O. The van der Waals surface area contributed by atoms with Crippen LogP contribution in [0.1, 0.15) is 180 Å². The second-order valence-corrected chi connectivity index (χ2v) is 33.2. The molecule has 8 rings (SSSR count). The van der Waals surface area contributed by atoms with Crippen LogP contribution in [0.3, 0.4) is 0 Å². The van der Waals surface area contributed by atoms with Gasteiger partial charge < -0.3 is 137 Å². The van der Waals surface area contributed by atoms with Crippen LogP contribution in [0.2, 0.25) is 0 Å². The van der Waals surface area contributed by atoms with Gasteiger partial charge in [-0.05, 0) is 167 Å². The monoisotopic (exact) mass is 1790 g/mol. The number of hydrogen-bond donors (Lipinski definition) is 18. The Morgan fingerprint density at radius 2 is 0.661 bits per heavy atom. The lowest BCUT2D eigenvalue weighted by molar-refractivity contribution is -0.153. The zero-order valence-corrected chi connectivity index (χ0v) is 71.2. The van der Waals surface area contributed by atoms with Crippen LogP contribution in [-0.2, 0) is 105 Å². The van der Waals surface area contributed by atoms with Crippen LogP contribution in [0.4, 0.5) is 0 Å². The molecule has 8 aliphatic heterocycles. The molecule has 8 saturated heterocycles. The van der Waals surface area contributed by atoms with Crippen molar-refractivity contribution in [1.82, 2.24) is 87.1 Å². The van der Waals surface area contributed by atoms with Crippen molar-refractivity contribution >= 4 is 130 Å². The number of rotatable bonds is 46. The average Bonchev–Trinajstić information content (AvgIpc) is 1.65. The number of nitrogens with one attached hydrogen (secondary N) is 9. The summed E-state index contributed by atoms with van der Waals surface area (Å²) in [5.41, 5.74) is 33.2. The van der Waals surface area contributed by atoms with Gasteiger partial charge in [0.2, 0.25) is 118 Å². The number of aliphatic carboxylic acids is 2. The highest BCUT2D eigenvalue weighted by molar-refractivity contribution is 6.02. The third-order valence-electron chi connectivity index (χ3n) is 24.3. The number of aliphatic hydroxyl groups is 1. The molecule has 8 heterocycles. The first-order valence-corrected chi connectivity index (χ1v) is 43.6. The maximum absolute atomic E-state index is 14.8. The third kappa shape index (κ3) is 27.4. The molecule has 48 nitrogen and oxygen atoms in total. The zero-order valence-electron chi connectivity index (χ0n) is 71.2. The molecule has 0 spiro atoms. The summed E-state index contributed by atoms with van der Waals surface area (Å²) in [5.74, 6) is -19.0. The fourth-order valence-electron chi connectivity index (χ4n) is 17.7. The van der Waals surface area contributed by atoms with Gasteiger partial charge in [-0.15, -0.1) is 0 Å². The van der Waals surface area contributed by atoms with Crippen molar-refractivity contribution in [3.8, 4) is 0 Å². The molecule has 8 aliphatic rings. The van der Waals surface area contributed by atoms with Gasteiger partial charge in [-0.25, -0.2) is 4.79 Å². The van der Waals surface area contributed by atoms with E-state index in [0.29, 0.717) is 77.0 Å². The van der Waals surface area contributed by atoms with E-state index in [4.69, 9.17) is 39.5 Å². The molecule has 0 radical (unpaired) electrons. The van der Waals surface area contributed by atoms with Crippen LogP contribution >= 0.6 is 0 Å². The standard InChI is InChI=1S/C79H123N23O25/c80-27-3-1-13-44(90-69(116)48(38-60(85)106)93-65(112)43(82)37-64(110)111)68(115)94-49(42-103)70(117)91-45(23-25-58(83)104)66(113)87-40-62(108)95-29-7-17-52(95)74(121)99-33-10-20-55(99)77(124)101-35-9-19-54(101)76(123)98-32-5-15-50(98)71(118)86-39-61(107)89-47(14-2-4-28-81)73(120)97-31-6-16-51(97)72(119)92-46(24-26-59(84)105)67(114)88-41-63(109)96-30-8-18-53(96)75(122)100-34-11-21-56(100)78(125)102-36-12-22-57(102)79(126)127/h43-57,103H,1-42,80-82H2,(H2,83,104)(H2,84,105)(H2,85,106)(H,86,118)(H,87,113)(H,88,114)(H,89,107)(H,90,116)(H,91,117)(H,92,119)(H,93,112)(H,94,115)(H,110,111)(H,126,127)/t43-,44-,45-,46-,47-,48-,49-,50-,51-,52-,53-,54-,55-,56-,57-/m0/s1. The highest BCUT2D eigenvalue weighted by Crippen LogP contribution is 2.33. The molecular formula is C79H123N23O25. The van der Waals surface area contributed by atoms with Gasteiger partial charge in [0.25, 0.3) is 0 Å². The number of amides is 20. The van der Waals surface area contributed by atoms with Gasteiger partial charge in [-0.3, -0.25) is 101 Å². The molecule has 8 fully saturated rings. The minimum absolute atomic E-state index is 0.0384. The van der Waals surface area contributed by atoms with Crippen LogP contribution in [0.5, 0.6) is 0 Å². The molecular weight excluding hydrogens is 1670 g/mol. The fourth-order valence-corrected chi connectivity index (χ4v) is 17.7. The highest BCUT2D eigenvalue weighted by Gasteiger charge is 2.51. The summed E-state index contributed by atoms with van der Waals surface area (Å²) >= 11 is 0. The number of nitrogens with zero attached hydrogens (tertiary/aromatic N) is 8. The number of nitrogens with two attached hydrogens (primary N) is 6. The molecule has 0 aliphatic carbocycles. The van der Waals surface area contributed by atoms with Crippen molar-refractivity contribution in [1.29, 1.82) is 0 Å². The molecule has 704 valence electrons. The number of carbonyl (C=O) groups excluding carboxylic acids is 20. The number of primary amides is 3. The zero-order chi connectivity index (χ0) is 93.0. The van der Waals surface area contributed by atoms with Crippen molar-refractivity contribution < 1.29 is 121 Å². The third-order valence-corrected chi connectivity index (χ3v) is 24.3. The maximum atomic E-state index is 14.8. The van der Waals surface area contributed by atoms with Crippen molar-refractivity contribution in [3.05, 3.63) is 0 Å². The number of carboxylic acid groups (broad SMARTS) is 2. The van der Waals surface area contributed by atoms with Crippen molar-refractivity contribution in [2.45, 2.75) is 270 Å². The number of likely N-dealkylation sites (tertiary alicyclic amines) is 8. The van der Waals surface area contributed by atoms with Crippen molar-refractivity contribution in [2.75, 3.05) is 91.7 Å². The number of carbonyl (C=O) groups is 22. The second kappa shape index (κ2) is 48.2. The average molecular weight is 1790 g/mol. The van der Waals surface area contributed by atoms with E-state index in [9.17, 15) is 116 Å². The molecule has 0 aromatic rings. The largest absolute Gasteiger partial charge is 0.481 e. The predicted octanol–water partition coefficient (Wildman–Crippen LogP) is -10.3. The van der Waals surface area contributed by atoms with Gasteiger partial charge in [0.15, 0.2) is 0 Å².